The topological polar surface area (TPSA) is 99.9 Å². The van der Waals surface area contributed by atoms with Crippen LogP contribution in [0.15, 0.2) is 84.9 Å². The van der Waals surface area contributed by atoms with Gasteiger partial charge in [-0.3, -0.25) is 4.79 Å². The molecule has 5 aromatic rings. The summed E-state index contributed by atoms with van der Waals surface area (Å²) in [4.78, 5) is 19.2. The van der Waals surface area contributed by atoms with Gasteiger partial charge in [0.1, 0.15) is 17.4 Å². The number of rotatable bonds is 16. The number of anilines is 1. The van der Waals surface area contributed by atoms with Crippen molar-refractivity contribution in [3.05, 3.63) is 112 Å². The van der Waals surface area contributed by atoms with Crippen molar-refractivity contribution in [1.29, 1.82) is 0 Å². The molecule has 0 fully saturated rings. The molecular weight excluding hydrogens is 692 g/mol. The van der Waals surface area contributed by atoms with E-state index in [9.17, 15) is 28.2 Å². The van der Waals surface area contributed by atoms with E-state index in [1.807, 2.05) is 53.4 Å². The molecule has 0 saturated carbocycles. The monoisotopic (exact) mass is 728 g/mol. The molecule has 50 heavy (non-hydrogen) atoms. The minimum atomic E-state index is -4.77. The minimum Gasteiger partial charge on any atom is -0.406 e. The number of aliphatic hydroxyl groups excluding tert-OH is 2. The quantitative estimate of drug-likeness (QED) is 0.0956. The number of ketones is 1. The molecule has 0 radical (unpaired) electrons. The third kappa shape index (κ3) is 9.76. The number of carbonyl (C=O) groups excluding carboxylic acids is 1. The van der Waals surface area contributed by atoms with Gasteiger partial charge in [0.15, 0.2) is 0 Å². The van der Waals surface area contributed by atoms with Crippen LogP contribution in [0.5, 0.6) is 5.75 Å². The van der Waals surface area contributed by atoms with Crippen molar-refractivity contribution in [2.24, 2.45) is 0 Å². The second-order valence-electron chi connectivity index (χ2n) is 11.8. The highest BCUT2D eigenvalue weighted by molar-refractivity contribution is 6.42. The van der Waals surface area contributed by atoms with Gasteiger partial charge in [-0.05, 0) is 90.7 Å². The Morgan fingerprint density at radius 2 is 1.60 bits per heavy atom. The molecule has 4 aromatic carbocycles. The van der Waals surface area contributed by atoms with E-state index in [0.717, 1.165) is 33.5 Å². The van der Waals surface area contributed by atoms with Gasteiger partial charge < -0.3 is 29.7 Å². The van der Waals surface area contributed by atoms with Gasteiger partial charge in [-0.1, -0.05) is 47.5 Å². The number of alkyl halides is 3. The third-order valence-corrected chi connectivity index (χ3v) is 8.95. The van der Waals surface area contributed by atoms with Crippen LogP contribution in [0.4, 0.5) is 18.9 Å². The predicted molar refractivity (Wildman–Crippen MR) is 190 cm³/mol. The van der Waals surface area contributed by atoms with Crippen molar-refractivity contribution in [3.63, 3.8) is 0 Å². The number of hydrogen-bond donors (Lipinski definition) is 3. The number of aryl methyl sites for hydroxylation is 2. The summed E-state index contributed by atoms with van der Waals surface area (Å²) in [6.45, 7) is 3.09. The molecule has 1 unspecified atom stereocenters. The lowest BCUT2D eigenvalue weighted by molar-refractivity contribution is -0.274. The fourth-order valence-corrected chi connectivity index (χ4v) is 6.15. The molecule has 1 heterocycles. The third-order valence-electron chi connectivity index (χ3n) is 8.21. The van der Waals surface area contributed by atoms with E-state index >= 15 is 0 Å². The van der Waals surface area contributed by atoms with E-state index in [1.165, 1.54) is 12.1 Å². The molecule has 3 N–H and O–H groups in total. The highest BCUT2D eigenvalue weighted by Crippen LogP contribution is 2.31. The predicted octanol–water partition coefficient (Wildman–Crippen LogP) is 7.75. The van der Waals surface area contributed by atoms with Crippen molar-refractivity contribution in [2.75, 3.05) is 31.2 Å². The van der Waals surface area contributed by atoms with Gasteiger partial charge >= 0.3 is 6.36 Å². The molecule has 0 amide bonds. The number of nitrogens with zero attached hydrogens (tertiary/aromatic N) is 3. The average Bonchev–Trinajstić information content (AvgIpc) is 3.44. The lowest BCUT2D eigenvalue weighted by atomic mass is 10.0. The van der Waals surface area contributed by atoms with Crippen LogP contribution in [-0.2, 0) is 24.3 Å². The first-order valence-corrected chi connectivity index (χ1v) is 16.8. The number of fused-ring (bicyclic) bond motifs is 1. The van der Waals surface area contributed by atoms with E-state index in [-0.39, 0.29) is 37.2 Å². The van der Waals surface area contributed by atoms with E-state index in [2.05, 4.69) is 14.6 Å². The lowest BCUT2D eigenvalue weighted by Crippen LogP contribution is -2.29. The molecule has 13 heteroatoms. The number of carbonyl (C=O) groups is 1. The molecular formula is C37H37Cl2F3N4O4. The van der Waals surface area contributed by atoms with Crippen LogP contribution in [0.1, 0.15) is 36.1 Å². The Hall–Kier alpha value is -4.13. The van der Waals surface area contributed by atoms with Gasteiger partial charge in [-0.2, -0.15) is 0 Å². The molecule has 0 saturated heterocycles. The first-order valence-electron chi connectivity index (χ1n) is 16.0. The van der Waals surface area contributed by atoms with Crippen LogP contribution in [0.3, 0.4) is 0 Å². The van der Waals surface area contributed by atoms with E-state index in [1.54, 1.807) is 31.2 Å². The van der Waals surface area contributed by atoms with Gasteiger partial charge in [0.25, 0.3) is 0 Å². The molecule has 0 bridgehead atoms. The van der Waals surface area contributed by atoms with Gasteiger partial charge in [-0.15, -0.1) is 13.2 Å². The first-order chi connectivity index (χ1) is 23.9. The first kappa shape index (κ1) is 37.1. The van der Waals surface area contributed by atoms with Crippen molar-refractivity contribution in [1.82, 2.24) is 14.9 Å². The summed E-state index contributed by atoms with van der Waals surface area (Å²) < 4.78 is 44.1. The van der Waals surface area contributed by atoms with Crippen LogP contribution >= 0.6 is 23.2 Å². The van der Waals surface area contributed by atoms with Crippen LogP contribution in [0.2, 0.25) is 10.0 Å². The van der Waals surface area contributed by atoms with Gasteiger partial charge in [-0.25, -0.2) is 4.98 Å². The maximum absolute atomic E-state index is 12.7. The maximum Gasteiger partial charge on any atom is 0.573 e. The number of benzene rings is 4. The Morgan fingerprint density at radius 3 is 2.22 bits per heavy atom. The molecule has 0 spiro atoms. The molecule has 5 rings (SSSR count). The smallest absolute Gasteiger partial charge is 0.406 e. The minimum absolute atomic E-state index is 0.0196. The second kappa shape index (κ2) is 16.7. The van der Waals surface area contributed by atoms with Gasteiger partial charge in [0.05, 0.1) is 34.3 Å². The highest BCUT2D eigenvalue weighted by atomic mass is 35.5. The van der Waals surface area contributed by atoms with Gasteiger partial charge in [0.2, 0.25) is 0 Å². The Balaban J connectivity index is 1.48. The highest BCUT2D eigenvalue weighted by Gasteiger charge is 2.31. The van der Waals surface area contributed by atoms with E-state index < -0.39 is 6.36 Å². The molecule has 1 atom stereocenters. The largest absolute Gasteiger partial charge is 0.573 e. The van der Waals surface area contributed by atoms with E-state index in [4.69, 9.17) is 28.2 Å². The average molecular weight is 730 g/mol. The Kier molecular flexibility index (Phi) is 12.4. The van der Waals surface area contributed by atoms with Crippen LogP contribution < -0.4 is 15.0 Å². The van der Waals surface area contributed by atoms with Crippen molar-refractivity contribution < 1.29 is 32.9 Å². The SMILES string of the molecule is CC(=O)CC(NCc1ccc(Cl)c(Cl)c1)c1ccc2c(c1)nc(-c1ccc(N(CCO)CCO)cc1)n2CCc1ccc(OC(F)(F)F)cc1. The van der Waals surface area contributed by atoms with Crippen LogP contribution in [0, 0.1) is 0 Å². The van der Waals surface area contributed by atoms with Crippen LogP contribution in [-0.4, -0.2) is 58.2 Å². The zero-order valence-electron chi connectivity index (χ0n) is 27.3. The molecule has 0 aliphatic heterocycles. The molecule has 0 aliphatic carbocycles. The van der Waals surface area contributed by atoms with Gasteiger partial charge in [0, 0.05) is 49.9 Å². The number of hydrogen-bond acceptors (Lipinski definition) is 7. The lowest BCUT2D eigenvalue weighted by Gasteiger charge is -2.23. The Bertz CT molecular complexity index is 1890. The summed E-state index contributed by atoms with van der Waals surface area (Å²) >= 11 is 12.3. The summed E-state index contributed by atoms with van der Waals surface area (Å²) in [6, 6.07) is 24.5. The number of Topliss-reactive ketones (excluding diaryl/α,β-unsaturated/α-hetero) is 1. The van der Waals surface area contributed by atoms with E-state index in [0.29, 0.717) is 54.0 Å². The second-order valence-corrected chi connectivity index (χ2v) is 12.7. The summed E-state index contributed by atoms with van der Waals surface area (Å²) in [6.07, 6.45) is -4.01. The fourth-order valence-electron chi connectivity index (χ4n) is 5.83. The fraction of sp³-hybridized carbons (Fsp3) is 0.297. The number of aromatic nitrogens is 2. The van der Waals surface area contributed by atoms with Crippen molar-refractivity contribution >= 4 is 45.7 Å². The molecule has 8 nitrogen and oxygen atoms in total. The summed E-state index contributed by atoms with van der Waals surface area (Å²) in [5, 5.41) is 23.4. The van der Waals surface area contributed by atoms with Crippen molar-refractivity contribution in [2.45, 2.75) is 45.3 Å². The number of halogens is 5. The van der Waals surface area contributed by atoms with Crippen LogP contribution in [0.25, 0.3) is 22.4 Å². The molecule has 0 aliphatic rings. The standard InChI is InChI=1S/C37H37Cl2F3N4O4/c1-24(49)20-33(43-23-26-4-12-31(38)32(39)21-26)28-7-13-35-34(22-28)44-36(27-5-8-29(9-6-27)45(16-18-47)17-19-48)46(35)15-14-25-2-10-30(11-3-25)50-37(40,41)42/h2-13,21-22,33,43,47-48H,14-20,23H2,1H3. The number of imidazole rings is 1. The Labute approximate surface area is 298 Å². The molecule has 1 aromatic heterocycles. The Morgan fingerprint density at radius 1 is 0.920 bits per heavy atom. The zero-order chi connectivity index (χ0) is 35.8. The number of aliphatic hydroxyl groups is 2. The number of ether oxygens (including phenoxy) is 1. The number of nitrogens with one attached hydrogen (secondary N) is 1. The van der Waals surface area contributed by atoms with Crippen molar-refractivity contribution in [3.8, 4) is 17.1 Å². The molecule has 264 valence electrons. The summed E-state index contributed by atoms with van der Waals surface area (Å²) in [5.74, 6) is 0.418. The zero-order valence-corrected chi connectivity index (χ0v) is 28.8. The maximum atomic E-state index is 12.7. The summed E-state index contributed by atoms with van der Waals surface area (Å²) in [5.41, 5.74) is 5.83. The summed E-state index contributed by atoms with van der Waals surface area (Å²) in [7, 11) is 0. The normalized spacial score (nSPS) is 12.3.